The minimum Gasteiger partial charge on any atom is -0.372 e. The van der Waals surface area contributed by atoms with Crippen molar-refractivity contribution in [2.45, 2.75) is 26.0 Å². The molecule has 0 spiro atoms. The van der Waals surface area contributed by atoms with E-state index >= 15 is 0 Å². The lowest BCUT2D eigenvalue weighted by atomic mass is 10.3. The molecule has 1 heterocycles. The van der Waals surface area contributed by atoms with Crippen LogP contribution in [0.25, 0.3) is 0 Å². The van der Waals surface area contributed by atoms with Gasteiger partial charge >= 0.3 is 0 Å². The van der Waals surface area contributed by atoms with Crippen LogP contribution in [0, 0.1) is 6.33 Å². The zero-order chi connectivity index (χ0) is 7.40. The van der Waals surface area contributed by atoms with Crippen LogP contribution in [0.1, 0.15) is 26.0 Å². The maximum Gasteiger partial charge on any atom is 0.224 e. The Hall–Kier alpha value is -0.970. The van der Waals surface area contributed by atoms with Crippen LogP contribution >= 0.6 is 0 Å². The smallest absolute Gasteiger partial charge is 0.224 e. The largest absolute Gasteiger partial charge is 0.372 e. The van der Waals surface area contributed by atoms with Gasteiger partial charge in [0.05, 0.1) is 0 Å². The van der Waals surface area contributed by atoms with E-state index in [2.05, 4.69) is 21.9 Å². The number of hydrogen-bond donors (Lipinski definition) is 1. The van der Waals surface area contributed by atoms with E-state index in [0.717, 1.165) is 6.42 Å². The normalized spacial score (nSPS) is 13.4. The summed E-state index contributed by atoms with van der Waals surface area (Å²) in [5, 5.41) is 19.3. The molecule has 0 aliphatic carbocycles. The number of hydrogen-bond acceptors (Lipinski definition) is 4. The van der Waals surface area contributed by atoms with Crippen LogP contribution in [0.2, 0.25) is 0 Å². The van der Waals surface area contributed by atoms with Crippen molar-refractivity contribution in [2.24, 2.45) is 0 Å². The van der Waals surface area contributed by atoms with Crippen molar-refractivity contribution in [3.8, 4) is 0 Å². The summed E-state index contributed by atoms with van der Waals surface area (Å²) in [4.78, 5) is 0. The molecule has 0 amide bonds. The molecule has 0 fully saturated rings. The molecule has 0 bridgehead atoms. The van der Waals surface area contributed by atoms with E-state index in [-0.39, 0.29) is 0 Å². The molecule has 1 N–H and O–H groups in total. The van der Waals surface area contributed by atoms with Gasteiger partial charge in [-0.3, -0.25) is 0 Å². The maximum absolute atomic E-state index is 9.20. The van der Waals surface area contributed by atoms with E-state index < -0.39 is 6.23 Å². The third-order valence-corrected chi connectivity index (χ3v) is 1.16. The summed E-state index contributed by atoms with van der Waals surface area (Å²) < 4.78 is 1.21. The Morgan fingerprint density at radius 3 is 3.00 bits per heavy atom. The van der Waals surface area contributed by atoms with Gasteiger partial charge in [0.1, 0.15) is 0 Å². The molecule has 10 heavy (non-hydrogen) atoms. The second-order valence-corrected chi connectivity index (χ2v) is 1.99. The number of rotatable bonds is 3. The molecule has 5 nitrogen and oxygen atoms in total. The second-order valence-electron chi connectivity index (χ2n) is 1.99. The summed E-state index contributed by atoms with van der Waals surface area (Å²) in [6, 6.07) is 0. The third kappa shape index (κ3) is 1.51. The second kappa shape index (κ2) is 3.26. The average molecular weight is 141 g/mol. The molecular weight excluding hydrogens is 132 g/mol. The van der Waals surface area contributed by atoms with Gasteiger partial charge in [0.15, 0.2) is 6.23 Å². The van der Waals surface area contributed by atoms with Crippen molar-refractivity contribution in [2.75, 3.05) is 0 Å². The summed E-state index contributed by atoms with van der Waals surface area (Å²) in [7, 11) is 0. The lowest BCUT2D eigenvalue weighted by molar-refractivity contribution is 0.0778. The van der Waals surface area contributed by atoms with Gasteiger partial charge in [0, 0.05) is 0 Å². The first-order chi connectivity index (χ1) is 4.84. The van der Waals surface area contributed by atoms with E-state index in [1.807, 2.05) is 6.92 Å². The van der Waals surface area contributed by atoms with Gasteiger partial charge in [-0.2, -0.15) is 4.68 Å². The first-order valence-electron chi connectivity index (χ1n) is 3.18. The zero-order valence-electron chi connectivity index (χ0n) is 5.73. The molecule has 1 aromatic heterocycles. The van der Waals surface area contributed by atoms with Gasteiger partial charge < -0.3 is 5.11 Å². The minimum absolute atomic E-state index is 0.625. The molecule has 0 saturated carbocycles. The van der Waals surface area contributed by atoms with Crippen LogP contribution < -0.4 is 0 Å². The Balaban J connectivity index is 2.50. The van der Waals surface area contributed by atoms with Gasteiger partial charge in [-0.1, -0.05) is 13.3 Å². The van der Waals surface area contributed by atoms with Crippen LogP contribution in [-0.4, -0.2) is 25.3 Å². The van der Waals surface area contributed by atoms with Gasteiger partial charge in [0.25, 0.3) is 0 Å². The van der Waals surface area contributed by atoms with Crippen molar-refractivity contribution in [1.29, 1.82) is 0 Å². The monoisotopic (exact) mass is 141 g/mol. The van der Waals surface area contributed by atoms with Crippen molar-refractivity contribution in [3.05, 3.63) is 6.33 Å². The summed E-state index contributed by atoms with van der Waals surface area (Å²) in [6.07, 6.45) is 3.34. The van der Waals surface area contributed by atoms with Gasteiger partial charge in [-0.15, -0.1) is 5.10 Å². The van der Waals surface area contributed by atoms with E-state index in [1.54, 1.807) is 0 Å². The van der Waals surface area contributed by atoms with E-state index in [1.165, 1.54) is 4.68 Å². The fraction of sp³-hybridized carbons (Fsp3) is 0.800. The molecule has 1 radical (unpaired) electrons. The quantitative estimate of drug-likeness (QED) is 0.631. The Bertz CT molecular complexity index is 174. The van der Waals surface area contributed by atoms with Gasteiger partial charge in [-0.25, -0.2) is 0 Å². The van der Waals surface area contributed by atoms with E-state index in [0.29, 0.717) is 6.42 Å². The van der Waals surface area contributed by atoms with Crippen LogP contribution in [0.3, 0.4) is 0 Å². The summed E-state index contributed by atoms with van der Waals surface area (Å²) in [5.74, 6) is 0. The average Bonchev–Trinajstić information content (AvgIpc) is 2.38. The summed E-state index contributed by atoms with van der Waals surface area (Å²) >= 11 is 0. The van der Waals surface area contributed by atoms with Crippen molar-refractivity contribution < 1.29 is 5.11 Å². The predicted molar refractivity (Wildman–Crippen MR) is 32.8 cm³/mol. The highest BCUT2D eigenvalue weighted by Gasteiger charge is 2.04. The number of tetrazole rings is 1. The van der Waals surface area contributed by atoms with E-state index in [4.69, 9.17) is 0 Å². The van der Waals surface area contributed by atoms with Crippen LogP contribution in [-0.2, 0) is 0 Å². The lowest BCUT2D eigenvalue weighted by Crippen LogP contribution is -2.08. The topological polar surface area (TPSA) is 63.8 Å². The molecule has 0 saturated heterocycles. The SMILES string of the molecule is CCCC(O)n1[c]nnn1. The molecule has 1 atom stereocenters. The first-order valence-corrected chi connectivity index (χ1v) is 3.18. The van der Waals surface area contributed by atoms with Crippen LogP contribution in [0.4, 0.5) is 0 Å². The van der Waals surface area contributed by atoms with Crippen LogP contribution in [0.15, 0.2) is 0 Å². The number of aliphatic hydroxyl groups excluding tert-OH is 1. The molecule has 0 aliphatic rings. The highest BCUT2D eigenvalue weighted by atomic mass is 16.3. The number of nitrogens with zero attached hydrogens (tertiary/aromatic N) is 4. The number of aromatic nitrogens is 4. The maximum atomic E-state index is 9.20. The molecular formula is C5H9N4O. The highest BCUT2D eigenvalue weighted by Crippen LogP contribution is 2.04. The van der Waals surface area contributed by atoms with Gasteiger partial charge in [0.2, 0.25) is 6.33 Å². The van der Waals surface area contributed by atoms with Gasteiger partial charge in [-0.05, 0) is 16.8 Å². The fourth-order valence-electron chi connectivity index (χ4n) is 0.656. The molecule has 0 aliphatic heterocycles. The van der Waals surface area contributed by atoms with Crippen molar-refractivity contribution in [3.63, 3.8) is 0 Å². The Kier molecular flexibility index (Phi) is 2.33. The highest BCUT2D eigenvalue weighted by molar-refractivity contribution is 4.50. The van der Waals surface area contributed by atoms with Crippen LogP contribution in [0.5, 0.6) is 0 Å². The predicted octanol–water partition coefficient (Wildman–Crippen LogP) is -0.236. The Morgan fingerprint density at radius 2 is 2.50 bits per heavy atom. The lowest BCUT2D eigenvalue weighted by Gasteiger charge is -2.05. The zero-order valence-corrected chi connectivity index (χ0v) is 5.73. The molecule has 1 aromatic rings. The van der Waals surface area contributed by atoms with Crippen molar-refractivity contribution in [1.82, 2.24) is 20.2 Å². The molecule has 1 unspecified atom stereocenters. The molecule has 55 valence electrons. The van der Waals surface area contributed by atoms with Crippen molar-refractivity contribution >= 4 is 0 Å². The minimum atomic E-state index is -0.625. The van der Waals surface area contributed by atoms with E-state index in [9.17, 15) is 5.11 Å². The summed E-state index contributed by atoms with van der Waals surface area (Å²) in [6.45, 7) is 1.98. The molecule has 1 rings (SSSR count). The Morgan fingerprint density at radius 1 is 1.70 bits per heavy atom. The number of aliphatic hydroxyl groups is 1. The third-order valence-electron chi connectivity index (χ3n) is 1.16. The fourth-order valence-corrected chi connectivity index (χ4v) is 0.656. The standard InChI is InChI=1S/C5H9N4O/c1-2-3-5(10)9-4-6-7-8-9/h5,10H,2-3H2,1H3. The first kappa shape index (κ1) is 7.14. The Labute approximate surface area is 58.7 Å². The molecule has 5 heteroatoms. The summed E-state index contributed by atoms with van der Waals surface area (Å²) in [5.41, 5.74) is 0. The molecule has 0 aromatic carbocycles.